The van der Waals surface area contributed by atoms with E-state index >= 15 is 0 Å². The lowest BCUT2D eigenvalue weighted by Gasteiger charge is -2.06. The summed E-state index contributed by atoms with van der Waals surface area (Å²) in [5.41, 5.74) is 0.784. The number of nitro benzene ring substituents is 1. The van der Waals surface area contributed by atoms with Crippen LogP contribution in [-0.4, -0.2) is 28.4 Å². The van der Waals surface area contributed by atoms with Crippen molar-refractivity contribution in [3.63, 3.8) is 0 Å². The average molecular weight is 402 g/mol. The number of halogens is 1. The summed E-state index contributed by atoms with van der Waals surface area (Å²) >= 11 is 5.83. The van der Waals surface area contributed by atoms with Crippen LogP contribution in [0, 0.1) is 10.1 Å². The molecule has 0 aliphatic rings. The van der Waals surface area contributed by atoms with Crippen molar-refractivity contribution < 1.29 is 23.7 Å². The van der Waals surface area contributed by atoms with E-state index in [4.69, 9.17) is 20.8 Å². The molecule has 0 saturated carbocycles. The maximum Gasteiger partial charge on any atom is 0.374 e. The molecule has 9 nitrogen and oxygen atoms in total. The van der Waals surface area contributed by atoms with Crippen LogP contribution < -0.4 is 5.32 Å². The van der Waals surface area contributed by atoms with Crippen LogP contribution in [0.2, 0.25) is 5.15 Å². The normalized spacial score (nSPS) is 10.3. The van der Waals surface area contributed by atoms with Gasteiger partial charge in [-0.3, -0.25) is 14.9 Å². The highest BCUT2D eigenvalue weighted by Crippen LogP contribution is 2.25. The van der Waals surface area contributed by atoms with Crippen LogP contribution in [0.4, 0.5) is 11.4 Å². The monoisotopic (exact) mass is 401 g/mol. The minimum Gasteiger partial charge on any atom is -0.450 e. The van der Waals surface area contributed by atoms with E-state index in [1.165, 1.54) is 42.6 Å². The number of anilines is 1. The second-order valence-corrected chi connectivity index (χ2v) is 5.79. The second-order valence-electron chi connectivity index (χ2n) is 5.43. The number of amides is 1. The van der Waals surface area contributed by atoms with Gasteiger partial charge in [0, 0.05) is 23.9 Å². The molecule has 3 rings (SSSR count). The van der Waals surface area contributed by atoms with Crippen LogP contribution in [0.25, 0.3) is 11.3 Å². The number of rotatable bonds is 6. The van der Waals surface area contributed by atoms with Crippen molar-refractivity contribution in [2.75, 3.05) is 11.9 Å². The Bertz CT molecular complexity index is 1030. The number of hydrogen-bond donors (Lipinski definition) is 1. The molecule has 1 amide bonds. The Kier molecular flexibility index (Phi) is 5.66. The van der Waals surface area contributed by atoms with E-state index in [0.717, 1.165) is 0 Å². The molecule has 10 heteroatoms. The maximum absolute atomic E-state index is 12.0. The number of pyridine rings is 1. The van der Waals surface area contributed by atoms with E-state index in [1.54, 1.807) is 12.1 Å². The highest BCUT2D eigenvalue weighted by Gasteiger charge is 2.16. The molecule has 28 heavy (non-hydrogen) atoms. The quantitative estimate of drug-likeness (QED) is 0.289. The Labute approximate surface area is 163 Å². The van der Waals surface area contributed by atoms with Gasteiger partial charge in [0.25, 0.3) is 11.6 Å². The first-order valence-corrected chi connectivity index (χ1v) is 8.24. The zero-order valence-electron chi connectivity index (χ0n) is 14.1. The predicted molar refractivity (Wildman–Crippen MR) is 99.0 cm³/mol. The van der Waals surface area contributed by atoms with Crippen LogP contribution in [0.5, 0.6) is 0 Å². The number of nitrogens with zero attached hydrogens (tertiary/aromatic N) is 2. The lowest BCUT2D eigenvalue weighted by Crippen LogP contribution is -2.21. The van der Waals surface area contributed by atoms with Crippen molar-refractivity contribution in [2.24, 2.45) is 0 Å². The van der Waals surface area contributed by atoms with Crippen molar-refractivity contribution >= 4 is 34.9 Å². The number of non-ortho nitro benzene ring substituents is 1. The number of nitro groups is 1. The molecule has 2 aromatic heterocycles. The van der Waals surface area contributed by atoms with Gasteiger partial charge in [-0.25, -0.2) is 9.78 Å². The number of esters is 1. The molecule has 1 aromatic carbocycles. The molecule has 0 aliphatic heterocycles. The molecule has 0 aliphatic carbocycles. The molecule has 142 valence electrons. The predicted octanol–water partition coefficient (Wildman–Crippen LogP) is 3.70. The van der Waals surface area contributed by atoms with E-state index < -0.39 is 23.4 Å². The summed E-state index contributed by atoms with van der Waals surface area (Å²) in [7, 11) is 0. The molecule has 2 heterocycles. The Balaban J connectivity index is 1.59. The van der Waals surface area contributed by atoms with E-state index in [1.807, 2.05) is 0 Å². The van der Waals surface area contributed by atoms with Gasteiger partial charge < -0.3 is 14.5 Å². The number of aromatic nitrogens is 1. The molecule has 0 bridgehead atoms. The van der Waals surface area contributed by atoms with Crippen LogP contribution in [0.3, 0.4) is 0 Å². The number of benzene rings is 1. The van der Waals surface area contributed by atoms with Gasteiger partial charge in [-0.05, 0) is 36.4 Å². The highest BCUT2D eigenvalue weighted by molar-refractivity contribution is 6.32. The van der Waals surface area contributed by atoms with Gasteiger partial charge in [0.2, 0.25) is 5.76 Å². The van der Waals surface area contributed by atoms with E-state index in [2.05, 4.69) is 10.3 Å². The fourth-order valence-electron chi connectivity index (χ4n) is 2.22. The number of furan rings is 1. The van der Waals surface area contributed by atoms with E-state index in [-0.39, 0.29) is 16.6 Å². The Morgan fingerprint density at radius 3 is 2.61 bits per heavy atom. The molecule has 0 spiro atoms. The van der Waals surface area contributed by atoms with Crippen molar-refractivity contribution in [1.29, 1.82) is 0 Å². The smallest absolute Gasteiger partial charge is 0.374 e. The second kappa shape index (κ2) is 8.31. The molecular formula is C18H12ClN3O6. The maximum atomic E-state index is 12.0. The van der Waals surface area contributed by atoms with Crippen molar-refractivity contribution in [3.8, 4) is 11.3 Å². The largest absolute Gasteiger partial charge is 0.450 e. The average Bonchev–Trinajstić information content (AvgIpc) is 3.18. The fourth-order valence-corrected chi connectivity index (χ4v) is 2.38. The molecule has 0 atom stereocenters. The zero-order valence-corrected chi connectivity index (χ0v) is 14.9. The van der Waals surface area contributed by atoms with Gasteiger partial charge in [0.15, 0.2) is 11.8 Å². The minimum atomic E-state index is -0.833. The first-order valence-electron chi connectivity index (χ1n) is 7.86. The van der Waals surface area contributed by atoms with Crippen LogP contribution >= 0.6 is 11.6 Å². The molecule has 0 unspecified atom stereocenters. The Morgan fingerprint density at radius 2 is 1.93 bits per heavy atom. The summed E-state index contributed by atoms with van der Waals surface area (Å²) in [6.07, 6.45) is 1.47. The molecule has 3 aromatic rings. The Hall–Kier alpha value is -3.72. The van der Waals surface area contributed by atoms with Gasteiger partial charge in [-0.15, -0.1) is 0 Å². The van der Waals surface area contributed by atoms with E-state index in [0.29, 0.717) is 17.0 Å². The fraction of sp³-hybridized carbons (Fsp3) is 0.0556. The summed E-state index contributed by atoms with van der Waals surface area (Å²) in [4.78, 5) is 37.9. The number of hydrogen-bond acceptors (Lipinski definition) is 7. The summed E-state index contributed by atoms with van der Waals surface area (Å²) in [6, 6.07) is 11.7. The van der Waals surface area contributed by atoms with Gasteiger partial charge in [0.1, 0.15) is 5.76 Å². The third kappa shape index (κ3) is 4.51. The number of carbonyl (C=O) groups excluding carboxylic acids is 2. The summed E-state index contributed by atoms with van der Waals surface area (Å²) < 4.78 is 10.3. The van der Waals surface area contributed by atoms with Crippen LogP contribution in [0.1, 0.15) is 10.6 Å². The van der Waals surface area contributed by atoms with Crippen molar-refractivity contribution in [3.05, 3.63) is 75.8 Å². The van der Waals surface area contributed by atoms with Crippen LogP contribution in [0.15, 0.2) is 59.1 Å². The van der Waals surface area contributed by atoms with Gasteiger partial charge >= 0.3 is 5.97 Å². The number of nitrogens with one attached hydrogen (secondary N) is 1. The van der Waals surface area contributed by atoms with Gasteiger partial charge in [-0.1, -0.05) is 11.6 Å². The van der Waals surface area contributed by atoms with Gasteiger partial charge in [-0.2, -0.15) is 0 Å². The topological polar surface area (TPSA) is 125 Å². The third-order valence-corrected chi connectivity index (χ3v) is 3.84. The number of ether oxygens (including phenoxy) is 1. The highest BCUT2D eigenvalue weighted by atomic mass is 35.5. The summed E-state index contributed by atoms with van der Waals surface area (Å²) in [6.45, 7) is -0.544. The summed E-state index contributed by atoms with van der Waals surface area (Å²) in [5.74, 6) is -1.21. The summed E-state index contributed by atoms with van der Waals surface area (Å²) in [5, 5.41) is 13.3. The molecule has 0 radical (unpaired) electrons. The zero-order chi connectivity index (χ0) is 20.1. The number of carbonyl (C=O) groups is 2. The SMILES string of the molecule is O=C(COC(=O)c1ccc(-c2ccc([N+](=O)[O-])cc2)o1)Nc1cccnc1Cl. The van der Waals surface area contributed by atoms with Crippen LogP contribution in [-0.2, 0) is 9.53 Å². The Morgan fingerprint density at radius 1 is 1.18 bits per heavy atom. The van der Waals surface area contributed by atoms with Crippen molar-refractivity contribution in [1.82, 2.24) is 4.98 Å². The minimum absolute atomic E-state index is 0.0605. The lowest BCUT2D eigenvalue weighted by molar-refractivity contribution is -0.384. The molecule has 0 saturated heterocycles. The molecular weight excluding hydrogens is 390 g/mol. The van der Waals surface area contributed by atoms with Crippen molar-refractivity contribution in [2.45, 2.75) is 0 Å². The molecule has 0 fully saturated rings. The van der Waals surface area contributed by atoms with Gasteiger partial charge in [0.05, 0.1) is 10.6 Å². The third-order valence-electron chi connectivity index (χ3n) is 3.54. The lowest BCUT2D eigenvalue weighted by atomic mass is 10.1. The van der Waals surface area contributed by atoms with E-state index in [9.17, 15) is 19.7 Å². The first-order chi connectivity index (χ1) is 13.4. The first kappa shape index (κ1) is 19.1. The molecule has 1 N–H and O–H groups in total. The standard InChI is InChI=1S/C18H12ClN3O6/c19-17-13(2-1-9-20-17)21-16(23)10-27-18(24)15-8-7-14(28-15)11-3-5-12(6-4-11)22(25)26/h1-9H,10H2,(H,21,23).